The normalized spacial score (nSPS) is 17.8. The number of amides is 2. The molecule has 3 rings (SSSR count). The zero-order valence-electron chi connectivity index (χ0n) is 14.5. The molecule has 2 amide bonds. The number of piperazine rings is 1. The molecule has 1 saturated heterocycles. The van der Waals surface area contributed by atoms with Crippen LogP contribution in [0.3, 0.4) is 0 Å². The average molecular weight is 329 g/mol. The number of hydrogen-bond donors (Lipinski definition) is 2. The zero-order valence-corrected chi connectivity index (χ0v) is 14.5. The third-order valence-electron chi connectivity index (χ3n) is 4.74. The number of benzene rings is 1. The lowest BCUT2D eigenvalue weighted by molar-refractivity contribution is -0.136. The smallest absolute Gasteiger partial charge is 0.240 e. The van der Waals surface area contributed by atoms with Crippen LogP contribution < -0.4 is 10.6 Å². The van der Waals surface area contributed by atoms with Crippen molar-refractivity contribution < 1.29 is 9.59 Å². The first-order chi connectivity index (χ1) is 11.3. The summed E-state index contributed by atoms with van der Waals surface area (Å²) >= 11 is 0. The van der Waals surface area contributed by atoms with E-state index in [2.05, 4.69) is 15.6 Å². The van der Waals surface area contributed by atoms with Gasteiger partial charge in [-0.3, -0.25) is 14.5 Å². The molecule has 7 heteroatoms. The number of aryl methyl sites for hydroxylation is 2. The summed E-state index contributed by atoms with van der Waals surface area (Å²) in [7, 11) is 1.96. The van der Waals surface area contributed by atoms with Crippen LogP contribution in [0.4, 0.5) is 5.69 Å². The second-order valence-corrected chi connectivity index (χ2v) is 6.71. The van der Waals surface area contributed by atoms with Crippen LogP contribution in [0.15, 0.2) is 18.2 Å². The highest BCUT2D eigenvalue weighted by Gasteiger charge is 2.38. The summed E-state index contributed by atoms with van der Waals surface area (Å²) in [6.07, 6.45) is 0. The third-order valence-corrected chi connectivity index (χ3v) is 4.74. The van der Waals surface area contributed by atoms with Crippen molar-refractivity contribution in [2.75, 3.05) is 25.0 Å². The fourth-order valence-electron chi connectivity index (χ4n) is 2.99. The molecule has 2 N–H and O–H groups in total. The van der Waals surface area contributed by atoms with Gasteiger partial charge in [-0.05, 0) is 39.0 Å². The van der Waals surface area contributed by atoms with Gasteiger partial charge in [0.05, 0.1) is 23.1 Å². The first-order valence-electron chi connectivity index (χ1n) is 8.05. The molecule has 2 aromatic rings. The highest BCUT2D eigenvalue weighted by atomic mass is 16.2. The van der Waals surface area contributed by atoms with Crippen LogP contribution in [0.5, 0.6) is 0 Å². The van der Waals surface area contributed by atoms with E-state index < -0.39 is 5.54 Å². The Morgan fingerprint density at radius 1 is 1.42 bits per heavy atom. The van der Waals surface area contributed by atoms with E-state index in [4.69, 9.17) is 0 Å². The molecule has 0 saturated carbocycles. The van der Waals surface area contributed by atoms with E-state index >= 15 is 0 Å². The quantitative estimate of drug-likeness (QED) is 0.881. The third kappa shape index (κ3) is 2.87. The Bertz CT molecular complexity index is 809. The number of carbonyl (C=O) groups excluding carboxylic acids is 2. The fourth-order valence-corrected chi connectivity index (χ4v) is 2.99. The molecule has 0 bridgehead atoms. The number of fused-ring (bicyclic) bond motifs is 1. The van der Waals surface area contributed by atoms with E-state index in [0.717, 1.165) is 16.9 Å². The van der Waals surface area contributed by atoms with Gasteiger partial charge in [0.15, 0.2) is 0 Å². The summed E-state index contributed by atoms with van der Waals surface area (Å²) in [6, 6.07) is 5.69. The molecule has 1 aromatic heterocycles. The van der Waals surface area contributed by atoms with E-state index in [1.165, 1.54) is 0 Å². The van der Waals surface area contributed by atoms with Crippen molar-refractivity contribution in [1.29, 1.82) is 0 Å². The molecule has 2 heterocycles. The van der Waals surface area contributed by atoms with E-state index in [-0.39, 0.29) is 18.4 Å². The van der Waals surface area contributed by atoms with Crippen molar-refractivity contribution in [3.05, 3.63) is 24.0 Å². The van der Waals surface area contributed by atoms with Crippen LogP contribution >= 0.6 is 0 Å². The standard InChI is InChI=1S/C17H23N5O2/c1-11-19-13-9-12(5-6-14(13)21(11)4)20-15(23)10-22-8-7-18-16(24)17(22,2)3/h5-6,9H,7-8,10H2,1-4H3,(H,18,24)(H,20,23). The van der Waals surface area contributed by atoms with Crippen LogP contribution in [-0.4, -0.2) is 51.4 Å². The summed E-state index contributed by atoms with van der Waals surface area (Å²) in [5.41, 5.74) is 1.91. The van der Waals surface area contributed by atoms with Crippen molar-refractivity contribution in [1.82, 2.24) is 19.8 Å². The van der Waals surface area contributed by atoms with Gasteiger partial charge in [-0.1, -0.05) is 0 Å². The summed E-state index contributed by atoms with van der Waals surface area (Å²) in [4.78, 5) is 30.7. The first-order valence-corrected chi connectivity index (χ1v) is 8.05. The summed E-state index contributed by atoms with van der Waals surface area (Å²) in [5, 5.41) is 5.73. The van der Waals surface area contributed by atoms with Gasteiger partial charge in [-0.25, -0.2) is 4.98 Å². The van der Waals surface area contributed by atoms with E-state index in [0.29, 0.717) is 18.8 Å². The van der Waals surface area contributed by atoms with E-state index in [1.54, 1.807) is 0 Å². The van der Waals surface area contributed by atoms with Crippen LogP contribution in [-0.2, 0) is 16.6 Å². The maximum Gasteiger partial charge on any atom is 0.240 e. The Labute approximate surface area is 141 Å². The van der Waals surface area contributed by atoms with Crippen molar-refractivity contribution >= 4 is 28.5 Å². The predicted molar refractivity (Wildman–Crippen MR) is 92.7 cm³/mol. The second-order valence-electron chi connectivity index (χ2n) is 6.71. The number of carbonyl (C=O) groups is 2. The number of hydrogen-bond acceptors (Lipinski definition) is 4. The Morgan fingerprint density at radius 3 is 2.92 bits per heavy atom. The van der Waals surface area contributed by atoms with Gasteiger partial charge >= 0.3 is 0 Å². The van der Waals surface area contributed by atoms with Crippen LogP contribution in [0, 0.1) is 6.92 Å². The molecule has 128 valence electrons. The molecule has 1 aromatic carbocycles. The fraction of sp³-hybridized carbons (Fsp3) is 0.471. The largest absolute Gasteiger partial charge is 0.353 e. The van der Waals surface area contributed by atoms with Crippen molar-refractivity contribution in [3.63, 3.8) is 0 Å². The molecule has 0 atom stereocenters. The predicted octanol–water partition coefficient (Wildman–Crippen LogP) is 1.03. The van der Waals surface area contributed by atoms with Crippen molar-refractivity contribution in [2.45, 2.75) is 26.3 Å². The highest BCUT2D eigenvalue weighted by Crippen LogP contribution is 2.20. The molecule has 1 fully saturated rings. The van der Waals surface area contributed by atoms with E-state index in [9.17, 15) is 9.59 Å². The number of rotatable bonds is 3. The Morgan fingerprint density at radius 2 is 2.17 bits per heavy atom. The maximum atomic E-state index is 12.4. The minimum atomic E-state index is -0.683. The Hall–Kier alpha value is -2.41. The first kappa shape index (κ1) is 16.4. The van der Waals surface area contributed by atoms with Crippen molar-refractivity contribution in [3.8, 4) is 0 Å². The lowest BCUT2D eigenvalue weighted by Gasteiger charge is -2.40. The molecule has 1 aliphatic rings. The number of nitrogens with zero attached hydrogens (tertiary/aromatic N) is 3. The summed E-state index contributed by atoms with van der Waals surface area (Å²) < 4.78 is 2.01. The molecule has 0 aliphatic carbocycles. The number of imidazole rings is 1. The molecular formula is C17H23N5O2. The number of nitrogens with one attached hydrogen (secondary N) is 2. The van der Waals surface area contributed by atoms with Gasteiger partial charge in [0, 0.05) is 25.8 Å². The minimum absolute atomic E-state index is 0.0491. The number of anilines is 1. The highest BCUT2D eigenvalue weighted by molar-refractivity contribution is 5.95. The molecule has 0 unspecified atom stereocenters. The van der Waals surface area contributed by atoms with Gasteiger partial charge in [-0.15, -0.1) is 0 Å². The number of aromatic nitrogens is 2. The van der Waals surface area contributed by atoms with Crippen LogP contribution in [0.25, 0.3) is 11.0 Å². The lowest BCUT2D eigenvalue weighted by atomic mass is 9.99. The molecule has 0 spiro atoms. The van der Waals surface area contributed by atoms with Gasteiger partial charge in [-0.2, -0.15) is 0 Å². The zero-order chi connectivity index (χ0) is 17.5. The summed E-state index contributed by atoms with van der Waals surface area (Å²) in [5.74, 6) is 0.742. The lowest BCUT2D eigenvalue weighted by Crippen LogP contribution is -2.62. The van der Waals surface area contributed by atoms with Crippen LogP contribution in [0.1, 0.15) is 19.7 Å². The van der Waals surface area contributed by atoms with Gasteiger partial charge < -0.3 is 15.2 Å². The monoisotopic (exact) mass is 329 g/mol. The molecule has 0 radical (unpaired) electrons. The maximum absolute atomic E-state index is 12.4. The van der Waals surface area contributed by atoms with Crippen molar-refractivity contribution in [2.24, 2.45) is 7.05 Å². The molecule has 7 nitrogen and oxygen atoms in total. The molecule has 24 heavy (non-hydrogen) atoms. The van der Waals surface area contributed by atoms with Crippen LogP contribution in [0.2, 0.25) is 0 Å². The molecular weight excluding hydrogens is 306 g/mol. The SMILES string of the molecule is Cc1nc2cc(NC(=O)CN3CCNC(=O)C3(C)C)ccc2n1C. The topological polar surface area (TPSA) is 79.3 Å². The summed E-state index contributed by atoms with van der Waals surface area (Å²) in [6.45, 7) is 7.01. The van der Waals surface area contributed by atoms with E-state index in [1.807, 2.05) is 55.5 Å². The Kier molecular flexibility index (Phi) is 4.04. The van der Waals surface area contributed by atoms with Gasteiger partial charge in [0.25, 0.3) is 0 Å². The Balaban J connectivity index is 1.72. The average Bonchev–Trinajstić information content (AvgIpc) is 2.79. The molecule has 1 aliphatic heterocycles. The minimum Gasteiger partial charge on any atom is -0.353 e. The van der Waals surface area contributed by atoms with Gasteiger partial charge in [0.1, 0.15) is 5.82 Å². The van der Waals surface area contributed by atoms with Gasteiger partial charge in [0.2, 0.25) is 11.8 Å². The second kappa shape index (κ2) is 5.90.